The molecule has 80 valence electrons. The first-order chi connectivity index (χ1) is 7.17. The van der Waals surface area contributed by atoms with Crippen LogP contribution < -0.4 is 0 Å². The molecule has 0 unspecified atom stereocenters. The number of thiophene rings is 2. The standard InChI is InChI=1S/C12H14OS2/c1-4-8-6-9-11(7(3)13)10(5-2)15-12(9)14-8/h6H,4-5H2,1-3H3. The highest BCUT2D eigenvalue weighted by Gasteiger charge is 2.16. The van der Waals surface area contributed by atoms with Crippen LogP contribution in [0.25, 0.3) is 9.40 Å². The number of hydrogen-bond donors (Lipinski definition) is 0. The summed E-state index contributed by atoms with van der Waals surface area (Å²) in [5, 5.41) is 1.19. The van der Waals surface area contributed by atoms with E-state index >= 15 is 0 Å². The molecule has 0 atom stereocenters. The molecule has 0 amide bonds. The van der Waals surface area contributed by atoms with E-state index in [4.69, 9.17) is 0 Å². The van der Waals surface area contributed by atoms with E-state index in [0.29, 0.717) is 0 Å². The molecule has 3 heteroatoms. The van der Waals surface area contributed by atoms with Crippen molar-refractivity contribution in [3.63, 3.8) is 0 Å². The first-order valence-corrected chi connectivity index (χ1v) is 6.85. The highest BCUT2D eigenvalue weighted by atomic mass is 32.2. The Labute approximate surface area is 97.7 Å². The Bertz CT molecular complexity index is 505. The van der Waals surface area contributed by atoms with Gasteiger partial charge in [0.15, 0.2) is 5.78 Å². The van der Waals surface area contributed by atoms with Crippen molar-refractivity contribution in [1.29, 1.82) is 0 Å². The van der Waals surface area contributed by atoms with Crippen LogP contribution in [0.1, 0.15) is 40.9 Å². The Balaban J connectivity index is 2.69. The third-order valence-electron chi connectivity index (χ3n) is 2.53. The van der Waals surface area contributed by atoms with E-state index in [2.05, 4.69) is 19.9 Å². The van der Waals surface area contributed by atoms with E-state index in [1.165, 1.54) is 19.2 Å². The second-order valence-corrected chi connectivity index (χ2v) is 6.08. The van der Waals surface area contributed by atoms with Gasteiger partial charge in [0.1, 0.15) is 0 Å². The molecular formula is C12H14OS2. The van der Waals surface area contributed by atoms with E-state index in [1.54, 1.807) is 18.3 Å². The molecule has 2 rings (SSSR count). The SMILES string of the molecule is CCc1cc2c(C(C)=O)c(CC)sc2s1. The van der Waals surface area contributed by atoms with Crippen LogP contribution in [0, 0.1) is 0 Å². The average molecular weight is 238 g/mol. The molecule has 0 spiro atoms. The minimum Gasteiger partial charge on any atom is -0.294 e. The topological polar surface area (TPSA) is 17.1 Å². The summed E-state index contributed by atoms with van der Waals surface area (Å²) < 4.78 is 1.31. The molecule has 15 heavy (non-hydrogen) atoms. The molecule has 0 fully saturated rings. The van der Waals surface area contributed by atoms with Gasteiger partial charge in [0, 0.05) is 20.7 Å². The van der Waals surface area contributed by atoms with Crippen molar-refractivity contribution < 1.29 is 4.79 Å². The van der Waals surface area contributed by atoms with E-state index < -0.39 is 0 Å². The molecular weight excluding hydrogens is 224 g/mol. The fourth-order valence-corrected chi connectivity index (χ4v) is 4.41. The first-order valence-electron chi connectivity index (χ1n) is 5.22. The van der Waals surface area contributed by atoms with Crippen LogP contribution in [0.15, 0.2) is 6.07 Å². The van der Waals surface area contributed by atoms with Gasteiger partial charge in [-0.15, -0.1) is 22.7 Å². The summed E-state index contributed by atoms with van der Waals surface area (Å²) >= 11 is 3.62. The maximum atomic E-state index is 11.6. The van der Waals surface area contributed by atoms with Crippen molar-refractivity contribution in [3.8, 4) is 0 Å². The summed E-state index contributed by atoms with van der Waals surface area (Å²) in [5.41, 5.74) is 0.966. The number of carbonyl (C=O) groups excluding carboxylic acids is 1. The fraction of sp³-hybridized carbons (Fsp3) is 0.417. The minimum atomic E-state index is 0.207. The second-order valence-electron chi connectivity index (χ2n) is 3.58. The van der Waals surface area contributed by atoms with Crippen molar-refractivity contribution in [3.05, 3.63) is 21.4 Å². The zero-order chi connectivity index (χ0) is 11.0. The van der Waals surface area contributed by atoms with Crippen LogP contribution in [-0.2, 0) is 12.8 Å². The Morgan fingerprint density at radius 2 is 2.00 bits per heavy atom. The zero-order valence-corrected chi connectivity index (χ0v) is 10.8. The lowest BCUT2D eigenvalue weighted by molar-refractivity contribution is 0.101. The third-order valence-corrected chi connectivity index (χ3v) is 5.25. The molecule has 0 saturated carbocycles. The maximum Gasteiger partial charge on any atom is 0.161 e. The maximum absolute atomic E-state index is 11.6. The lowest BCUT2D eigenvalue weighted by Crippen LogP contribution is -1.93. The van der Waals surface area contributed by atoms with Crippen molar-refractivity contribution in [2.75, 3.05) is 0 Å². The quantitative estimate of drug-likeness (QED) is 0.729. The third kappa shape index (κ3) is 1.74. The molecule has 0 aromatic carbocycles. The minimum absolute atomic E-state index is 0.207. The summed E-state index contributed by atoms with van der Waals surface area (Å²) in [6.07, 6.45) is 2.02. The monoisotopic (exact) mass is 238 g/mol. The molecule has 0 N–H and O–H groups in total. The van der Waals surface area contributed by atoms with E-state index in [9.17, 15) is 4.79 Å². The van der Waals surface area contributed by atoms with Gasteiger partial charge in [-0.2, -0.15) is 0 Å². The van der Waals surface area contributed by atoms with Crippen LogP contribution in [0.5, 0.6) is 0 Å². The van der Waals surface area contributed by atoms with Crippen molar-refractivity contribution in [2.24, 2.45) is 0 Å². The number of fused-ring (bicyclic) bond motifs is 1. The van der Waals surface area contributed by atoms with Gasteiger partial charge in [0.05, 0.1) is 4.01 Å². The second kappa shape index (κ2) is 4.06. The van der Waals surface area contributed by atoms with Crippen LogP contribution in [0.4, 0.5) is 0 Å². The predicted octanol–water partition coefficient (Wildman–Crippen LogP) is 4.29. The van der Waals surface area contributed by atoms with Gasteiger partial charge in [-0.1, -0.05) is 13.8 Å². The molecule has 2 aromatic rings. The Hall–Kier alpha value is -0.670. The molecule has 0 aliphatic rings. The zero-order valence-electron chi connectivity index (χ0n) is 9.22. The largest absolute Gasteiger partial charge is 0.294 e. The normalized spacial score (nSPS) is 11.1. The highest BCUT2D eigenvalue weighted by molar-refractivity contribution is 7.38. The summed E-state index contributed by atoms with van der Waals surface area (Å²) in [7, 11) is 0. The summed E-state index contributed by atoms with van der Waals surface area (Å²) in [5.74, 6) is 0.207. The van der Waals surface area contributed by atoms with Crippen LogP contribution >= 0.6 is 22.7 Å². The lowest BCUT2D eigenvalue weighted by Gasteiger charge is -1.95. The molecule has 0 aliphatic carbocycles. The fourth-order valence-electron chi connectivity index (χ4n) is 1.80. The number of hydrogen-bond acceptors (Lipinski definition) is 3. The predicted molar refractivity (Wildman–Crippen MR) is 68.5 cm³/mol. The Kier molecular flexibility index (Phi) is 2.94. The molecule has 0 aliphatic heterocycles. The molecule has 2 aromatic heterocycles. The smallest absolute Gasteiger partial charge is 0.161 e. The van der Waals surface area contributed by atoms with Gasteiger partial charge in [-0.25, -0.2) is 0 Å². The molecule has 1 nitrogen and oxygen atoms in total. The molecule has 0 bridgehead atoms. The van der Waals surface area contributed by atoms with Crippen molar-refractivity contribution >= 4 is 37.9 Å². The average Bonchev–Trinajstić information content (AvgIpc) is 2.71. The van der Waals surface area contributed by atoms with Crippen LogP contribution in [0.2, 0.25) is 0 Å². The van der Waals surface area contributed by atoms with Crippen molar-refractivity contribution in [1.82, 2.24) is 0 Å². The summed E-state index contributed by atoms with van der Waals surface area (Å²) in [4.78, 5) is 14.2. The molecule has 0 radical (unpaired) electrons. The van der Waals surface area contributed by atoms with E-state index in [1.807, 2.05) is 11.3 Å². The van der Waals surface area contributed by atoms with Gasteiger partial charge >= 0.3 is 0 Å². The Morgan fingerprint density at radius 3 is 2.53 bits per heavy atom. The number of carbonyl (C=O) groups is 1. The molecule has 2 heterocycles. The lowest BCUT2D eigenvalue weighted by atomic mass is 10.1. The first kappa shape index (κ1) is 10.8. The van der Waals surface area contributed by atoms with Gasteiger partial charge in [0.25, 0.3) is 0 Å². The van der Waals surface area contributed by atoms with Gasteiger partial charge < -0.3 is 0 Å². The number of ketones is 1. The number of aryl methyl sites for hydroxylation is 2. The van der Waals surface area contributed by atoms with E-state index in [0.717, 1.165) is 18.4 Å². The summed E-state index contributed by atoms with van der Waals surface area (Å²) in [6.45, 7) is 5.94. The summed E-state index contributed by atoms with van der Waals surface area (Å²) in [6, 6.07) is 2.19. The highest BCUT2D eigenvalue weighted by Crippen LogP contribution is 2.38. The molecule has 0 saturated heterocycles. The van der Waals surface area contributed by atoms with Crippen molar-refractivity contribution in [2.45, 2.75) is 33.6 Å². The van der Waals surface area contributed by atoms with Crippen LogP contribution in [0.3, 0.4) is 0 Å². The van der Waals surface area contributed by atoms with Crippen LogP contribution in [-0.4, -0.2) is 5.78 Å². The van der Waals surface area contributed by atoms with E-state index in [-0.39, 0.29) is 5.78 Å². The van der Waals surface area contributed by atoms with Gasteiger partial charge in [-0.3, -0.25) is 4.79 Å². The number of rotatable bonds is 3. The van der Waals surface area contributed by atoms with Gasteiger partial charge in [-0.05, 0) is 25.8 Å². The Morgan fingerprint density at radius 1 is 1.27 bits per heavy atom. The van der Waals surface area contributed by atoms with Gasteiger partial charge in [0.2, 0.25) is 0 Å². The number of Topliss-reactive ketones (excluding diaryl/α,β-unsaturated/α-hetero) is 1.